The van der Waals surface area contributed by atoms with Crippen molar-refractivity contribution in [1.29, 1.82) is 0 Å². The number of esters is 1. The van der Waals surface area contributed by atoms with E-state index >= 15 is 0 Å². The highest BCUT2D eigenvalue weighted by molar-refractivity contribution is 5.67. The molecule has 3 rings (SSSR count). The molecule has 1 aromatic carbocycles. The van der Waals surface area contributed by atoms with Gasteiger partial charge in [0.15, 0.2) is 5.60 Å². The minimum Gasteiger partial charge on any atom is -0.454 e. The predicted molar refractivity (Wildman–Crippen MR) is 82.0 cm³/mol. The van der Waals surface area contributed by atoms with Gasteiger partial charge in [-0.1, -0.05) is 36.8 Å². The van der Waals surface area contributed by atoms with Gasteiger partial charge in [-0.3, -0.25) is 4.79 Å². The molecule has 1 aliphatic heterocycles. The van der Waals surface area contributed by atoms with E-state index in [0.29, 0.717) is 12.0 Å². The molecule has 2 fully saturated rings. The first-order valence-electron chi connectivity index (χ1n) is 8.21. The molecule has 0 spiro atoms. The lowest BCUT2D eigenvalue weighted by atomic mass is 9.66. The molecule has 21 heavy (non-hydrogen) atoms. The highest BCUT2D eigenvalue weighted by Crippen LogP contribution is 2.45. The molecule has 3 nitrogen and oxygen atoms in total. The maximum Gasteiger partial charge on any atom is 0.303 e. The smallest absolute Gasteiger partial charge is 0.303 e. The second-order valence-corrected chi connectivity index (χ2v) is 6.69. The SMILES string of the molecule is CC(=O)O[C@]1(c2ccccc2)CC[NH+](C)[C@H]2CCCC[C@@H]21. The number of ether oxygens (including phenoxy) is 1. The van der Waals surface area contributed by atoms with Crippen LogP contribution >= 0.6 is 0 Å². The van der Waals surface area contributed by atoms with Crippen LogP contribution in [0, 0.1) is 5.92 Å². The van der Waals surface area contributed by atoms with E-state index in [1.54, 1.807) is 11.8 Å². The number of benzene rings is 1. The Bertz CT molecular complexity index is 501. The number of hydrogen-bond acceptors (Lipinski definition) is 2. The van der Waals surface area contributed by atoms with E-state index < -0.39 is 5.60 Å². The number of nitrogens with one attached hydrogen (secondary N) is 1. The third-order valence-corrected chi connectivity index (χ3v) is 5.48. The zero-order valence-corrected chi connectivity index (χ0v) is 13.1. The molecule has 1 heterocycles. The fourth-order valence-electron chi connectivity index (χ4n) is 4.55. The zero-order chi connectivity index (χ0) is 14.9. The summed E-state index contributed by atoms with van der Waals surface area (Å²) >= 11 is 0. The van der Waals surface area contributed by atoms with Crippen LogP contribution in [0.3, 0.4) is 0 Å². The number of rotatable bonds is 2. The average molecular weight is 288 g/mol. The van der Waals surface area contributed by atoms with Crippen LogP contribution in [-0.4, -0.2) is 25.6 Å². The van der Waals surface area contributed by atoms with Gasteiger partial charge >= 0.3 is 5.97 Å². The molecule has 3 heteroatoms. The molecule has 0 radical (unpaired) electrons. The molecule has 0 bridgehead atoms. The van der Waals surface area contributed by atoms with Crippen molar-refractivity contribution in [2.45, 2.75) is 50.7 Å². The normalized spacial score (nSPS) is 35.8. The maximum atomic E-state index is 11.8. The number of fused-ring (bicyclic) bond motifs is 1. The topological polar surface area (TPSA) is 30.7 Å². The van der Waals surface area contributed by atoms with Crippen molar-refractivity contribution in [3.63, 3.8) is 0 Å². The highest BCUT2D eigenvalue weighted by Gasteiger charge is 2.54. The fraction of sp³-hybridized carbons (Fsp3) is 0.611. The molecule has 1 aromatic rings. The molecule has 1 unspecified atom stereocenters. The van der Waals surface area contributed by atoms with E-state index in [-0.39, 0.29) is 5.97 Å². The van der Waals surface area contributed by atoms with E-state index in [9.17, 15) is 4.79 Å². The van der Waals surface area contributed by atoms with Crippen molar-refractivity contribution in [2.24, 2.45) is 5.92 Å². The summed E-state index contributed by atoms with van der Waals surface area (Å²) in [6.45, 7) is 2.62. The van der Waals surface area contributed by atoms with Gasteiger partial charge in [0, 0.05) is 13.3 Å². The van der Waals surface area contributed by atoms with Crippen LogP contribution in [0.4, 0.5) is 0 Å². The first-order chi connectivity index (χ1) is 10.1. The summed E-state index contributed by atoms with van der Waals surface area (Å²) in [6, 6.07) is 11.0. The molecule has 1 saturated heterocycles. The van der Waals surface area contributed by atoms with Crippen LogP contribution in [0.1, 0.15) is 44.6 Å². The summed E-state index contributed by atoms with van der Waals surface area (Å²) in [6.07, 6.45) is 5.92. The molecule has 1 saturated carbocycles. The van der Waals surface area contributed by atoms with Crippen molar-refractivity contribution in [2.75, 3.05) is 13.6 Å². The van der Waals surface area contributed by atoms with E-state index in [0.717, 1.165) is 13.0 Å². The van der Waals surface area contributed by atoms with Gasteiger partial charge in [-0.2, -0.15) is 0 Å². The van der Waals surface area contributed by atoms with Gasteiger partial charge in [-0.25, -0.2) is 0 Å². The van der Waals surface area contributed by atoms with Gasteiger partial charge in [0.2, 0.25) is 0 Å². The lowest BCUT2D eigenvalue weighted by Gasteiger charge is -2.50. The van der Waals surface area contributed by atoms with Gasteiger partial charge in [0.05, 0.1) is 25.6 Å². The highest BCUT2D eigenvalue weighted by atomic mass is 16.6. The summed E-state index contributed by atoms with van der Waals surface area (Å²) < 4.78 is 6.03. The van der Waals surface area contributed by atoms with Crippen LogP contribution in [0.2, 0.25) is 0 Å². The second-order valence-electron chi connectivity index (χ2n) is 6.69. The first-order valence-corrected chi connectivity index (χ1v) is 8.21. The molecule has 2 aliphatic rings. The van der Waals surface area contributed by atoms with E-state index in [2.05, 4.69) is 31.3 Å². The van der Waals surface area contributed by atoms with Crippen LogP contribution in [0.5, 0.6) is 0 Å². The number of hydrogen-bond donors (Lipinski definition) is 1. The molecular formula is C18H26NO2+. The lowest BCUT2D eigenvalue weighted by molar-refractivity contribution is -0.921. The first kappa shape index (κ1) is 14.6. The Hall–Kier alpha value is -1.35. The van der Waals surface area contributed by atoms with Gasteiger partial charge in [0.1, 0.15) is 0 Å². The number of carbonyl (C=O) groups excluding carboxylic acids is 1. The molecule has 0 amide bonds. The van der Waals surface area contributed by atoms with Crippen LogP contribution in [-0.2, 0) is 15.1 Å². The van der Waals surface area contributed by atoms with E-state index in [1.165, 1.54) is 31.2 Å². The number of quaternary nitrogens is 1. The Morgan fingerprint density at radius 2 is 1.95 bits per heavy atom. The summed E-state index contributed by atoms with van der Waals surface area (Å²) in [4.78, 5) is 13.4. The monoisotopic (exact) mass is 288 g/mol. The van der Waals surface area contributed by atoms with Crippen molar-refractivity contribution in [3.8, 4) is 0 Å². The van der Waals surface area contributed by atoms with Crippen LogP contribution < -0.4 is 4.90 Å². The fourth-order valence-corrected chi connectivity index (χ4v) is 4.55. The van der Waals surface area contributed by atoms with Crippen molar-refractivity contribution >= 4 is 5.97 Å². The standard InChI is InChI=1S/C18H25NO2/c1-14(20)21-18(15-8-4-3-5-9-15)12-13-19(2)17-11-7-6-10-16(17)18/h3-5,8-9,16-17H,6-7,10-13H2,1-2H3/p+1/t16-,17-,18-/m0/s1. The number of likely N-dealkylation sites (tertiary alicyclic amines) is 1. The second kappa shape index (κ2) is 5.80. The molecule has 0 aromatic heterocycles. The lowest BCUT2D eigenvalue weighted by Crippen LogP contribution is -3.16. The van der Waals surface area contributed by atoms with Crippen LogP contribution in [0.25, 0.3) is 0 Å². The van der Waals surface area contributed by atoms with Gasteiger partial charge in [-0.15, -0.1) is 0 Å². The largest absolute Gasteiger partial charge is 0.454 e. The van der Waals surface area contributed by atoms with E-state index in [1.807, 2.05) is 6.07 Å². The Kier molecular flexibility index (Phi) is 4.03. The minimum absolute atomic E-state index is 0.150. The molecule has 4 atom stereocenters. The molecular weight excluding hydrogens is 262 g/mol. The molecule has 1 aliphatic carbocycles. The third kappa shape index (κ3) is 2.59. The zero-order valence-electron chi connectivity index (χ0n) is 13.1. The maximum absolute atomic E-state index is 11.8. The molecule has 1 N–H and O–H groups in total. The van der Waals surface area contributed by atoms with Gasteiger partial charge in [0.25, 0.3) is 0 Å². The van der Waals surface area contributed by atoms with Crippen LogP contribution in [0.15, 0.2) is 30.3 Å². The molecule has 114 valence electrons. The van der Waals surface area contributed by atoms with Crippen molar-refractivity contribution < 1.29 is 14.4 Å². The number of piperidine rings is 1. The Morgan fingerprint density at radius 1 is 1.24 bits per heavy atom. The predicted octanol–water partition coefficient (Wildman–Crippen LogP) is 1.92. The summed E-state index contributed by atoms with van der Waals surface area (Å²) in [5.74, 6) is 0.300. The Balaban J connectivity index is 2.03. The minimum atomic E-state index is -0.405. The summed E-state index contributed by atoms with van der Waals surface area (Å²) in [5.41, 5.74) is 0.780. The quantitative estimate of drug-likeness (QED) is 0.843. The summed E-state index contributed by atoms with van der Waals surface area (Å²) in [5, 5.41) is 0. The van der Waals surface area contributed by atoms with Gasteiger partial charge in [-0.05, 0) is 24.8 Å². The van der Waals surface area contributed by atoms with Gasteiger partial charge < -0.3 is 9.64 Å². The van der Waals surface area contributed by atoms with Crippen molar-refractivity contribution in [3.05, 3.63) is 35.9 Å². The Morgan fingerprint density at radius 3 is 2.67 bits per heavy atom. The summed E-state index contributed by atoms with van der Waals surface area (Å²) in [7, 11) is 2.30. The third-order valence-electron chi connectivity index (χ3n) is 5.48. The van der Waals surface area contributed by atoms with Crippen molar-refractivity contribution in [1.82, 2.24) is 0 Å². The van der Waals surface area contributed by atoms with E-state index in [4.69, 9.17) is 4.74 Å². The Labute approximate surface area is 127 Å². The average Bonchev–Trinajstić information content (AvgIpc) is 2.51. The number of carbonyl (C=O) groups is 1.